The van der Waals surface area contributed by atoms with Crippen LogP contribution in [0.25, 0.3) is 0 Å². The van der Waals surface area contributed by atoms with Crippen LogP contribution in [0.2, 0.25) is 5.02 Å². The van der Waals surface area contributed by atoms with E-state index in [9.17, 15) is 22.4 Å². The molecule has 2 amide bonds. The van der Waals surface area contributed by atoms with Gasteiger partial charge in [0.05, 0.1) is 24.1 Å². The predicted octanol–water partition coefficient (Wildman–Crippen LogP) is 5.34. The van der Waals surface area contributed by atoms with Crippen molar-refractivity contribution in [2.24, 2.45) is 0 Å². The summed E-state index contributed by atoms with van der Waals surface area (Å²) in [7, 11) is -2.54. The number of carbonyl (C=O) groups excluding carboxylic acids is 2. The number of benzene rings is 3. The van der Waals surface area contributed by atoms with Gasteiger partial charge < -0.3 is 15.0 Å². The maximum atomic E-state index is 14.9. The minimum absolute atomic E-state index is 0.0288. The van der Waals surface area contributed by atoms with Crippen LogP contribution < -0.4 is 14.4 Å². The fourth-order valence-electron chi connectivity index (χ4n) is 5.33. The van der Waals surface area contributed by atoms with Crippen LogP contribution in [-0.4, -0.2) is 57.1 Å². The van der Waals surface area contributed by atoms with E-state index in [1.54, 1.807) is 18.2 Å². The summed E-state index contributed by atoms with van der Waals surface area (Å²) >= 11 is 6.29. The largest absolute Gasteiger partial charge is 0.495 e. The molecule has 0 spiro atoms. The number of nitrogens with one attached hydrogen (secondary N) is 1. The normalized spacial score (nSPS) is 14.5. The highest BCUT2D eigenvalue weighted by atomic mass is 35.5. The molecule has 11 heteroatoms. The molecule has 43 heavy (non-hydrogen) atoms. The molecule has 0 heterocycles. The van der Waals surface area contributed by atoms with Crippen LogP contribution in [-0.2, 0) is 32.6 Å². The Balaban J connectivity index is 1.74. The smallest absolute Gasteiger partial charge is 0.244 e. The summed E-state index contributed by atoms with van der Waals surface area (Å²) in [6.45, 7) is -0.861. The van der Waals surface area contributed by atoms with E-state index in [1.165, 1.54) is 36.3 Å². The maximum Gasteiger partial charge on any atom is 0.244 e. The molecular weight excluding hydrogens is 593 g/mol. The van der Waals surface area contributed by atoms with Gasteiger partial charge in [0.15, 0.2) is 0 Å². The van der Waals surface area contributed by atoms with E-state index in [0.717, 1.165) is 48.2 Å². The van der Waals surface area contributed by atoms with E-state index >= 15 is 0 Å². The molecule has 0 aromatic heterocycles. The zero-order valence-electron chi connectivity index (χ0n) is 24.3. The molecule has 0 aliphatic heterocycles. The summed E-state index contributed by atoms with van der Waals surface area (Å²) in [4.78, 5) is 29.4. The third kappa shape index (κ3) is 8.70. The van der Waals surface area contributed by atoms with Gasteiger partial charge in [-0.3, -0.25) is 13.9 Å². The van der Waals surface area contributed by atoms with Crippen LogP contribution in [0.1, 0.15) is 43.2 Å². The van der Waals surface area contributed by atoms with Gasteiger partial charge in [-0.25, -0.2) is 12.8 Å². The lowest BCUT2D eigenvalue weighted by Gasteiger charge is -2.35. The monoisotopic (exact) mass is 629 g/mol. The summed E-state index contributed by atoms with van der Waals surface area (Å²) in [6, 6.07) is 18.6. The highest BCUT2D eigenvalue weighted by Gasteiger charge is 2.34. The molecule has 3 aromatic carbocycles. The van der Waals surface area contributed by atoms with Gasteiger partial charge in [0.2, 0.25) is 21.8 Å². The number of ether oxygens (including phenoxy) is 1. The van der Waals surface area contributed by atoms with Crippen molar-refractivity contribution in [3.8, 4) is 5.75 Å². The molecule has 0 saturated heterocycles. The van der Waals surface area contributed by atoms with Crippen molar-refractivity contribution in [1.29, 1.82) is 0 Å². The van der Waals surface area contributed by atoms with Gasteiger partial charge in [0, 0.05) is 24.6 Å². The fourth-order valence-corrected chi connectivity index (χ4v) is 6.43. The van der Waals surface area contributed by atoms with E-state index in [4.69, 9.17) is 16.3 Å². The maximum absolute atomic E-state index is 14.9. The molecule has 1 atom stereocenters. The topological polar surface area (TPSA) is 96.0 Å². The second-order valence-corrected chi connectivity index (χ2v) is 13.1. The van der Waals surface area contributed by atoms with Gasteiger partial charge in [0.25, 0.3) is 0 Å². The number of amides is 2. The minimum Gasteiger partial charge on any atom is -0.495 e. The van der Waals surface area contributed by atoms with E-state index in [0.29, 0.717) is 5.75 Å². The number of anilines is 1. The number of hydrogen-bond acceptors (Lipinski definition) is 5. The molecule has 1 saturated carbocycles. The molecule has 3 aromatic rings. The van der Waals surface area contributed by atoms with E-state index in [2.05, 4.69) is 5.32 Å². The Morgan fingerprint density at radius 3 is 2.33 bits per heavy atom. The molecule has 4 rings (SSSR count). The van der Waals surface area contributed by atoms with Crippen LogP contribution in [0.5, 0.6) is 5.75 Å². The first-order valence-electron chi connectivity index (χ1n) is 14.2. The molecule has 1 aliphatic carbocycles. The van der Waals surface area contributed by atoms with Crippen LogP contribution in [0, 0.1) is 5.82 Å². The van der Waals surface area contributed by atoms with Crippen LogP contribution >= 0.6 is 11.6 Å². The van der Waals surface area contributed by atoms with Crippen LogP contribution in [0.3, 0.4) is 0 Å². The van der Waals surface area contributed by atoms with Gasteiger partial charge in [-0.1, -0.05) is 79.4 Å². The third-order valence-electron chi connectivity index (χ3n) is 7.62. The Bertz CT molecular complexity index is 1520. The first-order valence-corrected chi connectivity index (χ1v) is 16.5. The Kier molecular flexibility index (Phi) is 11.0. The molecule has 0 radical (unpaired) electrons. The van der Waals surface area contributed by atoms with Crippen molar-refractivity contribution in [1.82, 2.24) is 10.2 Å². The molecule has 8 nitrogen and oxygen atoms in total. The lowest BCUT2D eigenvalue weighted by molar-refractivity contribution is -0.140. The average Bonchev–Trinajstić information content (AvgIpc) is 2.99. The summed E-state index contributed by atoms with van der Waals surface area (Å²) < 4.78 is 47.0. The number of carbonyl (C=O) groups is 2. The second-order valence-electron chi connectivity index (χ2n) is 10.8. The number of hydrogen-bond donors (Lipinski definition) is 1. The summed E-state index contributed by atoms with van der Waals surface area (Å²) in [5, 5.41) is 3.29. The van der Waals surface area contributed by atoms with E-state index < -0.39 is 34.3 Å². The number of halogens is 2. The Morgan fingerprint density at radius 1 is 1.02 bits per heavy atom. The standard InChI is InChI=1S/C32H37ClFN3O5S/c1-42-30-18-17-26(20-27(30)33)37(43(2,40)41)22-31(38)36(21-24-13-9-10-16-28(24)34)29(19-23-11-5-3-6-12-23)32(39)35-25-14-7-4-8-15-25/h3,5-6,9-13,16-18,20,25,29H,4,7-8,14-15,19,21-22H2,1-2H3,(H,35,39)/t29-/m1/s1. The predicted molar refractivity (Wildman–Crippen MR) is 166 cm³/mol. The van der Waals surface area contributed by atoms with Gasteiger partial charge >= 0.3 is 0 Å². The Hall–Kier alpha value is -3.63. The van der Waals surface area contributed by atoms with Gasteiger partial charge in [-0.05, 0) is 42.7 Å². The number of sulfonamides is 1. The lowest BCUT2D eigenvalue weighted by Crippen LogP contribution is -2.55. The second kappa shape index (κ2) is 14.7. The number of methoxy groups -OCH3 is 1. The number of rotatable bonds is 12. The van der Waals surface area contributed by atoms with Gasteiger partial charge in [-0.2, -0.15) is 0 Å². The quantitative estimate of drug-likeness (QED) is 0.292. The summed E-state index contributed by atoms with van der Waals surface area (Å²) in [6.07, 6.45) is 5.92. The highest BCUT2D eigenvalue weighted by Crippen LogP contribution is 2.30. The van der Waals surface area contributed by atoms with E-state index in [1.807, 2.05) is 30.3 Å². The number of nitrogens with zero attached hydrogens (tertiary/aromatic N) is 2. The Labute approximate surface area is 257 Å². The minimum atomic E-state index is -3.98. The fraction of sp³-hybridized carbons (Fsp3) is 0.375. The highest BCUT2D eigenvalue weighted by molar-refractivity contribution is 7.92. The Morgan fingerprint density at radius 2 is 1.70 bits per heavy atom. The van der Waals surface area contributed by atoms with E-state index in [-0.39, 0.29) is 41.2 Å². The van der Waals surface area contributed by atoms with Gasteiger partial charge in [0.1, 0.15) is 24.2 Å². The molecule has 1 N–H and O–H groups in total. The molecule has 1 aliphatic rings. The molecule has 230 valence electrons. The lowest BCUT2D eigenvalue weighted by atomic mass is 9.94. The van der Waals surface area contributed by atoms with Crippen molar-refractivity contribution in [2.45, 2.75) is 57.2 Å². The third-order valence-corrected chi connectivity index (χ3v) is 9.06. The van der Waals surface area contributed by atoms with Crippen molar-refractivity contribution < 1.29 is 27.1 Å². The van der Waals surface area contributed by atoms with Crippen molar-refractivity contribution in [3.63, 3.8) is 0 Å². The first kappa shape index (κ1) is 32.3. The SMILES string of the molecule is COc1ccc(N(CC(=O)N(Cc2ccccc2F)[C@H](Cc2ccccc2)C(=O)NC2CCCCC2)S(C)(=O)=O)cc1Cl. The van der Waals surface area contributed by atoms with Crippen molar-refractivity contribution >= 4 is 39.1 Å². The average molecular weight is 630 g/mol. The summed E-state index contributed by atoms with van der Waals surface area (Å²) in [5.41, 5.74) is 1.16. The van der Waals surface area contributed by atoms with Crippen LogP contribution in [0.15, 0.2) is 72.8 Å². The molecule has 0 bridgehead atoms. The summed E-state index contributed by atoms with van der Waals surface area (Å²) in [5.74, 6) is -1.22. The molecule has 1 fully saturated rings. The van der Waals surface area contributed by atoms with Gasteiger partial charge in [-0.15, -0.1) is 0 Å². The molecule has 0 unspecified atom stereocenters. The van der Waals surface area contributed by atoms with Crippen molar-refractivity contribution in [3.05, 3.63) is 94.8 Å². The van der Waals surface area contributed by atoms with Crippen molar-refractivity contribution in [2.75, 3.05) is 24.2 Å². The van der Waals surface area contributed by atoms with Crippen LogP contribution in [0.4, 0.5) is 10.1 Å². The first-order chi connectivity index (χ1) is 20.6. The zero-order valence-corrected chi connectivity index (χ0v) is 25.9. The molecular formula is C32H37ClFN3O5S. The zero-order chi connectivity index (χ0) is 31.0.